The first-order chi connectivity index (χ1) is 8.04. The van der Waals surface area contributed by atoms with Crippen LogP contribution in [-0.4, -0.2) is 19.1 Å². The summed E-state index contributed by atoms with van der Waals surface area (Å²) in [6, 6.07) is 4.17. The van der Waals surface area contributed by atoms with E-state index in [2.05, 4.69) is 21.2 Å². The van der Waals surface area contributed by atoms with Crippen LogP contribution in [0.3, 0.4) is 0 Å². The topological polar surface area (TPSA) is 88.1 Å². The summed E-state index contributed by atoms with van der Waals surface area (Å²) >= 11 is 2.97. The minimum atomic E-state index is -0.536. The molecule has 1 amide bonds. The Morgan fingerprint density at radius 3 is 3.00 bits per heavy atom. The van der Waals surface area contributed by atoms with E-state index in [9.17, 15) is 9.18 Å². The quantitative estimate of drug-likeness (QED) is 0.646. The number of hydrogen-bond donors (Lipinski definition) is 2. The van der Waals surface area contributed by atoms with E-state index in [4.69, 9.17) is 15.7 Å². The Balaban J connectivity index is 2.61. The number of benzene rings is 1. The minimum absolute atomic E-state index is 0.0813. The Kier molecular flexibility index (Phi) is 4.72. The van der Waals surface area contributed by atoms with Crippen molar-refractivity contribution in [3.05, 3.63) is 22.4 Å². The molecule has 3 N–H and O–H groups in total. The van der Waals surface area contributed by atoms with Gasteiger partial charge in [0.15, 0.2) is 6.61 Å². The summed E-state index contributed by atoms with van der Waals surface area (Å²) in [5.41, 5.74) is 5.79. The highest BCUT2D eigenvalue weighted by Crippen LogP contribution is 2.28. The van der Waals surface area contributed by atoms with Crippen LogP contribution in [0, 0.1) is 17.1 Å². The second-order valence-electron chi connectivity index (χ2n) is 3.03. The van der Waals surface area contributed by atoms with Crippen LogP contribution in [-0.2, 0) is 4.79 Å². The summed E-state index contributed by atoms with van der Waals surface area (Å²) in [6.07, 6.45) is 0. The van der Waals surface area contributed by atoms with Crippen LogP contribution < -0.4 is 15.8 Å². The van der Waals surface area contributed by atoms with Gasteiger partial charge in [-0.3, -0.25) is 4.79 Å². The van der Waals surface area contributed by atoms with Crippen LogP contribution in [0.4, 0.5) is 10.1 Å². The van der Waals surface area contributed by atoms with Crippen molar-refractivity contribution in [3.63, 3.8) is 0 Å². The van der Waals surface area contributed by atoms with E-state index in [1.165, 1.54) is 6.07 Å². The predicted molar refractivity (Wildman–Crippen MR) is 62.6 cm³/mol. The maximum Gasteiger partial charge on any atom is 0.258 e. The number of anilines is 1. The number of nitriles is 1. The average Bonchev–Trinajstić information content (AvgIpc) is 2.29. The molecule has 7 heteroatoms. The van der Waals surface area contributed by atoms with Crippen LogP contribution in [0.1, 0.15) is 0 Å². The molecule has 0 fully saturated rings. The Labute approximate surface area is 105 Å². The first kappa shape index (κ1) is 13.3. The van der Waals surface area contributed by atoms with Gasteiger partial charge in [-0.2, -0.15) is 5.26 Å². The molecule has 0 aliphatic heterocycles. The van der Waals surface area contributed by atoms with Crippen molar-refractivity contribution in [2.24, 2.45) is 0 Å². The first-order valence-corrected chi connectivity index (χ1v) is 5.35. The Bertz CT molecular complexity index is 473. The fourth-order valence-corrected chi connectivity index (χ4v) is 1.36. The van der Waals surface area contributed by atoms with Crippen molar-refractivity contribution in [3.8, 4) is 11.8 Å². The van der Waals surface area contributed by atoms with Gasteiger partial charge in [-0.25, -0.2) is 4.39 Å². The third-order valence-corrected chi connectivity index (χ3v) is 2.38. The Morgan fingerprint density at radius 1 is 1.65 bits per heavy atom. The van der Waals surface area contributed by atoms with Gasteiger partial charge in [0, 0.05) is 6.07 Å². The van der Waals surface area contributed by atoms with Crippen LogP contribution in [0.25, 0.3) is 0 Å². The van der Waals surface area contributed by atoms with Crippen molar-refractivity contribution in [2.45, 2.75) is 0 Å². The monoisotopic (exact) mass is 301 g/mol. The fraction of sp³-hybridized carbons (Fsp3) is 0.200. The van der Waals surface area contributed by atoms with Gasteiger partial charge in [0.1, 0.15) is 18.1 Å². The average molecular weight is 302 g/mol. The Morgan fingerprint density at radius 2 is 2.35 bits per heavy atom. The number of nitrogen functional groups attached to an aromatic ring is 1. The van der Waals surface area contributed by atoms with Gasteiger partial charge in [-0.15, -0.1) is 0 Å². The highest BCUT2D eigenvalue weighted by Gasteiger charge is 2.09. The van der Waals surface area contributed by atoms with Gasteiger partial charge in [0.05, 0.1) is 16.2 Å². The van der Waals surface area contributed by atoms with E-state index in [-0.39, 0.29) is 29.1 Å². The molecule has 0 heterocycles. The van der Waals surface area contributed by atoms with Crippen molar-refractivity contribution in [1.82, 2.24) is 5.32 Å². The molecular weight excluding hydrogens is 293 g/mol. The van der Waals surface area contributed by atoms with Crippen molar-refractivity contribution < 1.29 is 13.9 Å². The lowest BCUT2D eigenvalue weighted by atomic mass is 10.3. The Hall–Kier alpha value is -1.81. The van der Waals surface area contributed by atoms with E-state index < -0.39 is 11.7 Å². The smallest absolute Gasteiger partial charge is 0.258 e. The van der Waals surface area contributed by atoms with Crippen molar-refractivity contribution in [2.75, 3.05) is 18.9 Å². The number of nitrogens with zero attached hydrogens (tertiary/aromatic N) is 1. The van der Waals surface area contributed by atoms with Crippen LogP contribution >= 0.6 is 15.9 Å². The summed E-state index contributed by atoms with van der Waals surface area (Å²) in [7, 11) is 0. The molecule has 0 saturated carbocycles. The molecule has 17 heavy (non-hydrogen) atoms. The summed E-state index contributed by atoms with van der Waals surface area (Å²) < 4.78 is 18.4. The van der Waals surface area contributed by atoms with Gasteiger partial charge < -0.3 is 15.8 Å². The molecule has 0 aliphatic carbocycles. The van der Waals surface area contributed by atoms with E-state index >= 15 is 0 Å². The molecule has 0 spiro atoms. The fourth-order valence-electron chi connectivity index (χ4n) is 1.00. The summed E-state index contributed by atoms with van der Waals surface area (Å²) in [6.45, 7) is -0.431. The number of carbonyl (C=O) groups is 1. The van der Waals surface area contributed by atoms with E-state index in [0.29, 0.717) is 0 Å². The molecular formula is C10H9BrFN3O2. The predicted octanol–water partition coefficient (Wildman–Crippen LogP) is 1.19. The molecule has 90 valence electrons. The molecule has 0 radical (unpaired) electrons. The second-order valence-corrected chi connectivity index (χ2v) is 3.88. The molecule has 0 saturated heterocycles. The second kappa shape index (κ2) is 6.06. The van der Waals surface area contributed by atoms with Gasteiger partial charge in [0.25, 0.3) is 5.91 Å². The zero-order valence-electron chi connectivity index (χ0n) is 8.67. The molecule has 0 aliphatic rings. The van der Waals surface area contributed by atoms with E-state index in [1.54, 1.807) is 6.07 Å². The third-order valence-electron chi connectivity index (χ3n) is 1.78. The highest BCUT2D eigenvalue weighted by molar-refractivity contribution is 9.10. The van der Waals surface area contributed by atoms with Gasteiger partial charge in [-0.1, -0.05) is 0 Å². The van der Waals surface area contributed by atoms with E-state index in [1.807, 2.05) is 0 Å². The SMILES string of the molecule is N#CCNC(=O)COc1cc(F)c(Br)cc1N. The lowest BCUT2D eigenvalue weighted by Gasteiger charge is -2.09. The number of halogens is 2. The van der Waals surface area contributed by atoms with Gasteiger partial charge in [0.2, 0.25) is 0 Å². The molecule has 1 aromatic carbocycles. The summed E-state index contributed by atoms with van der Waals surface area (Å²) in [4.78, 5) is 11.1. The third kappa shape index (κ3) is 3.92. The zero-order valence-corrected chi connectivity index (χ0v) is 10.3. The van der Waals surface area contributed by atoms with Crippen molar-refractivity contribution >= 4 is 27.5 Å². The number of ether oxygens (including phenoxy) is 1. The number of nitrogens with one attached hydrogen (secondary N) is 1. The largest absolute Gasteiger partial charge is 0.482 e. The number of carbonyl (C=O) groups excluding carboxylic acids is 1. The summed E-state index contributed by atoms with van der Waals surface area (Å²) in [5.74, 6) is -0.932. The molecule has 1 rings (SSSR count). The minimum Gasteiger partial charge on any atom is -0.482 e. The number of rotatable bonds is 4. The van der Waals surface area contributed by atoms with E-state index in [0.717, 1.165) is 6.07 Å². The van der Waals surface area contributed by atoms with Gasteiger partial charge >= 0.3 is 0 Å². The molecule has 5 nitrogen and oxygen atoms in total. The first-order valence-electron chi connectivity index (χ1n) is 4.55. The lowest BCUT2D eigenvalue weighted by Crippen LogP contribution is -2.29. The number of hydrogen-bond acceptors (Lipinski definition) is 4. The number of amides is 1. The van der Waals surface area contributed by atoms with Crippen molar-refractivity contribution in [1.29, 1.82) is 5.26 Å². The standard InChI is InChI=1S/C10H9BrFN3O2/c11-6-3-8(14)9(4-7(6)12)17-5-10(16)15-2-1-13/h3-4H,2,5,14H2,(H,15,16). The van der Waals surface area contributed by atoms with Crippen LogP contribution in [0.15, 0.2) is 16.6 Å². The summed E-state index contributed by atoms with van der Waals surface area (Å²) in [5, 5.41) is 10.5. The van der Waals surface area contributed by atoms with Crippen LogP contribution in [0.5, 0.6) is 5.75 Å². The molecule has 0 atom stereocenters. The molecule has 0 aromatic heterocycles. The number of nitrogens with two attached hydrogens (primary N) is 1. The maximum absolute atomic E-state index is 13.2. The lowest BCUT2D eigenvalue weighted by molar-refractivity contribution is -0.122. The normalized spacial score (nSPS) is 9.47. The molecule has 1 aromatic rings. The highest BCUT2D eigenvalue weighted by atomic mass is 79.9. The van der Waals surface area contributed by atoms with Gasteiger partial charge in [-0.05, 0) is 22.0 Å². The molecule has 0 unspecified atom stereocenters. The van der Waals surface area contributed by atoms with Crippen LogP contribution in [0.2, 0.25) is 0 Å². The maximum atomic E-state index is 13.2. The zero-order chi connectivity index (χ0) is 12.8. The molecule has 0 bridgehead atoms.